The first-order valence-corrected chi connectivity index (χ1v) is 11.8. The highest BCUT2D eigenvalue weighted by Crippen LogP contribution is 2.41. The number of hydrogen-bond acceptors (Lipinski definition) is 4. The lowest BCUT2D eigenvalue weighted by Crippen LogP contribution is -2.25. The highest BCUT2D eigenvalue weighted by molar-refractivity contribution is 7.80. The summed E-state index contributed by atoms with van der Waals surface area (Å²) in [7, 11) is 0. The normalized spacial score (nSPS) is 18.2. The molecule has 1 unspecified atom stereocenters. The molecule has 2 aromatic carbocycles. The van der Waals surface area contributed by atoms with E-state index in [9.17, 15) is 4.21 Å². The molecule has 8 heteroatoms. The minimum absolute atomic E-state index is 0.187. The Morgan fingerprint density at radius 3 is 2.55 bits per heavy atom. The number of hydrogen-bond donors (Lipinski definition) is 3. The van der Waals surface area contributed by atoms with Crippen molar-refractivity contribution < 1.29 is 18.2 Å². The molecule has 3 aromatic rings. The fourth-order valence-electron chi connectivity index (χ4n) is 4.27. The molecule has 1 saturated heterocycles. The van der Waals surface area contributed by atoms with E-state index >= 15 is 0 Å². The van der Waals surface area contributed by atoms with Gasteiger partial charge in [0.05, 0.1) is 30.1 Å². The molecular weight excluding hydrogens is 414 g/mol. The van der Waals surface area contributed by atoms with E-state index in [-0.39, 0.29) is 6.10 Å². The fourth-order valence-corrected chi connectivity index (χ4v) is 4.61. The number of ether oxygens (including phenoxy) is 2. The minimum atomic E-state index is -2.10. The van der Waals surface area contributed by atoms with Gasteiger partial charge in [-0.3, -0.25) is 9.27 Å². The van der Waals surface area contributed by atoms with Crippen LogP contribution < -0.4 is 15.2 Å². The van der Waals surface area contributed by atoms with Crippen molar-refractivity contribution in [2.45, 2.75) is 38.3 Å². The SMILES string of the molecule is Nc1c(-c2ccc(NS(=O)O)cc2)n(CC2CC2)c2cc(OC3CCOCC3)ccc12. The van der Waals surface area contributed by atoms with E-state index in [1.54, 1.807) is 12.1 Å². The molecule has 31 heavy (non-hydrogen) atoms. The average molecular weight is 442 g/mol. The van der Waals surface area contributed by atoms with Crippen LogP contribution in [0, 0.1) is 5.92 Å². The highest BCUT2D eigenvalue weighted by Gasteiger charge is 2.26. The molecule has 1 aliphatic heterocycles. The lowest BCUT2D eigenvalue weighted by Gasteiger charge is -2.23. The summed E-state index contributed by atoms with van der Waals surface area (Å²) < 4.78 is 36.5. The Morgan fingerprint density at radius 1 is 1.13 bits per heavy atom. The smallest absolute Gasteiger partial charge is 0.259 e. The molecule has 0 spiro atoms. The van der Waals surface area contributed by atoms with Crippen molar-refractivity contribution in [3.63, 3.8) is 0 Å². The monoisotopic (exact) mass is 441 g/mol. The fraction of sp³-hybridized carbons (Fsp3) is 0.391. The molecule has 0 radical (unpaired) electrons. The number of benzene rings is 2. The molecule has 1 aliphatic carbocycles. The summed E-state index contributed by atoms with van der Waals surface area (Å²) in [6.45, 7) is 2.41. The molecular formula is C23H27N3O4S. The number of anilines is 2. The molecule has 2 heterocycles. The molecule has 4 N–H and O–H groups in total. The van der Waals surface area contributed by atoms with Crippen molar-refractivity contribution in [2.75, 3.05) is 23.7 Å². The maximum Gasteiger partial charge on any atom is 0.259 e. The second-order valence-electron chi connectivity index (χ2n) is 8.35. The Kier molecular flexibility index (Phi) is 5.60. The molecule has 2 fully saturated rings. The first-order chi connectivity index (χ1) is 15.1. The van der Waals surface area contributed by atoms with E-state index in [1.807, 2.05) is 18.2 Å². The summed E-state index contributed by atoms with van der Waals surface area (Å²) in [5.41, 5.74) is 11.0. The third-order valence-electron chi connectivity index (χ3n) is 6.05. The Hall–Kier alpha value is -2.55. The van der Waals surface area contributed by atoms with Crippen LogP contribution in [0.5, 0.6) is 5.75 Å². The van der Waals surface area contributed by atoms with Gasteiger partial charge in [-0.2, -0.15) is 0 Å². The number of nitrogens with zero attached hydrogens (tertiary/aromatic N) is 1. The predicted molar refractivity (Wildman–Crippen MR) is 123 cm³/mol. The number of rotatable bonds is 7. The average Bonchev–Trinajstić information content (AvgIpc) is 3.54. The number of nitrogen functional groups attached to an aromatic ring is 1. The first-order valence-electron chi connectivity index (χ1n) is 10.7. The molecule has 164 valence electrons. The van der Waals surface area contributed by atoms with Crippen molar-refractivity contribution in [3.8, 4) is 17.0 Å². The van der Waals surface area contributed by atoms with E-state index in [2.05, 4.69) is 21.4 Å². The summed E-state index contributed by atoms with van der Waals surface area (Å²) in [5.74, 6) is 1.54. The molecule has 1 aromatic heterocycles. The topological polar surface area (TPSA) is 98.7 Å². The van der Waals surface area contributed by atoms with Crippen LogP contribution in [-0.4, -0.2) is 32.6 Å². The predicted octanol–water partition coefficient (Wildman–Crippen LogP) is 4.41. The largest absolute Gasteiger partial charge is 0.490 e. The van der Waals surface area contributed by atoms with E-state index in [0.29, 0.717) is 11.6 Å². The van der Waals surface area contributed by atoms with Crippen LogP contribution >= 0.6 is 0 Å². The van der Waals surface area contributed by atoms with Crippen molar-refractivity contribution in [3.05, 3.63) is 42.5 Å². The minimum Gasteiger partial charge on any atom is -0.490 e. The van der Waals surface area contributed by atoms with Crippen molar-refractivity contribution in [1.29, 1.82) is 0 Å². The maximum absolute atomic E-state index is 11.0. The zero-order valence-electron chi connectivity index (χ0n) is 17.3. The van der Waals surface area contributed by atoms with E-state index in [0.717, 1.165) is 66.2 Å². The molecule has 0 bridgehead atoms. The van der Waals surface area contributed by atoms with Gasteiger partial charge in [0.1, 0.15) is 11.9 Å². The zero-order valence-corrected chi connectivity index (χ0v) is 18.1. The van der Waals surface area contributed by atoms with Crippen LogP contribution in [-0.2, 0) is 22.5 Å². The Labute approximate surface area is 183 Å². The Bertz CT molecular complexity index is 1100. The second kappa shape index (κ2) is 8.53. The highest BCUT2D eigenvalue weighted by atomic mass is 32.2. The van der Waals surface area contributed by atoms with Crippen molar-refractivity contribution in [1.82, 2.24) is 4.57 Å². The van der Waals surface area contributed by atoms with Gasteiger partial charge in [-0.15, -0.1) is 0 Å². The number of nitrogens with two attached hydrogens (primary N) is 1. The van der Waals surface area contributed by atoms with Gasteiger partial charge in [0.25, 0.3) is 11.3 Å². The molecule has 5 rings (SSSR count). The molecule has 2 aliphatic rings. The Morgan fingerprint density at radius 2 is 1.87 bits per heavy atom. The van der Waals surface area contributed by atoms with Crippen LogP contribution in [0.2, 0.25) is 0 Å². The van der Waals surface area contributed by atoms with Gasteiger partial charge in [0.2, 0.25) is 0 Å². The second-order valence-corrected chi connectivity index (χ2v) is 9.06. The third kappa shape index (κ3) is 4.42. The quantitative estimate of drug-likeness (QED) is 0.472. The summed E-state index contributed by atoms with van der Waals surface area (Å²) >= 11 is -2.10. The van der Waals surface area contributed by atoms with Gasteiger partial charge in [-0.05, 0) is 43.0 Å². The molecule has 1 atom stereocenters. The molecule has 1 saturated carbocycles. The van der Waals surface area contributed by atoms with Crippen LogP contribution in [0.15, 0.2) is 42.5 Å². The van der Waals surface area contributed by atoms with Crippen LogP contribution in [0.1, 0.15) is 25.7 Å². The van der Waals surface area contributed by atoms with Gasteiger partial charge < -0.3 is 19.8 Å². The number of aromatic nitrogens is 1. The van der Waals surface area contributed by atoms with E-state index in [4.69, 9.17) is 19.8 Å². The lowest BCUT2D eigenvalue weighted by molar-refractivity contribution is 0.0256. The van der Waals surface area contributed by atoms with Gasteiger partial charge in [-0.1, -0.05) is 12.1 Å². The van der Waals surface area contributed by atoms with E-state index < -0.39 is 11.3 Å². The van der Waals surface area contributed by atoms with Crippen LogP contribution in [0.25, 0.3) is 22.2 Å². The van der Waals surface area contributed by atoms with Gasteiger partial charge in [0.15, 0.2) is 0 Å². The maximum atomic E-state index is 11.0. The first kappa shape index (κ1) is 20.4. The molecule has 0 amide bonds. The summed E-state index contributed by atoms with van der Waals surface area (Å²) in [6.07, 6.45) is 4.48. The van der Waals surface area contributed by atoms with Crippen molar-refractivity contribution >= 4 is 33.5 Å². The van der Waals surface area contributed by atoms with Crippen LogP contribution in [0.4, 0.5) is 11.4 Å². The summed E-state index contributed by atoms with van der Waals surface area (Å²) in [4.78, 5) is 0. The Balaban J connectivity index is 1.53. The third-order valence-corrected chi connectivity index (χ3v) is 6.46. The molecule has 7 nitrogen and oxygen atoms in total. The lowest BCUT2D eigenvalue weighted by atomic mass is 10.1. The number of fused-ring (bicyclic) bond motifs is 1. The van der Waals surface area contributed by atoms with Crippen LogP contribution in [0.3, 0.4) is 0 Å². The van der Waals surface area contributed by atoms with Gasteiger partial charge in [0, 0.05) is 42.1 Å². The summed E-state index contributed by atoms with van der Waals surface area (Å²) in [6, 6.07) is 13.6. The zero-order chi connectivity index (χ0) is 21.4. The van der Waals surface area contributed by atoms with Gasteiger partial charge >= 0.3 is 0 Å². The van der Waals surface area contributed by atoms with E-state index in [1.165, 1.54) is 12.8 Å². The number of nitrogens with one attached hydrogen (secondary N) is 1. The summed E-state index contributed by atoms with van der Waals surface area (Å²) in [5, 5.41) is 1.02. The standard InChI is InChI=1S/C23H27N3O4S/c24-22-20-8-7-19(30-18-9-11-29-12-10-18)13-21(20)26(14-15-1-2-15)23(22)16-3-5-17(6-4-16)25-31(27)28/h3-8,13,15,18,25H,1-2,9-12,14,24H2,(H,27,28). The van der Waals surface area contributed by atoms with Crippen molar-refractivity contribution in [2.24, 2.45) is 5.92 Å². The van der Waals surface area contributed by atoms with Gasteiger partial charge in [-0.25, -0.2) is 4.21 Å².